The van der Waals surface area contributed by atoms with Crippen molar-refractivity contribution in [1.82, 2.24) is 4.90 Å². The van der Waals surface area contributed by atoms with Gasteiger partial charge in [-0.25, -0.2) is 4.79 Å². The smallest absolute Gasteiger partial charge is 0.410 e. The van der Waals surface area contributed by atoms with Crippen molar-refractivity contribution in [3.05, 3.63) is 77.4 Å². The van der Waals surface area contributed by atoms with Crippen molar-refractivity contribution < 1.29 is 23.7 Å². The predicted molar refractivity (Wildman–Crippen MR) is 131 cm³/mol. The van der Waals surface area contributed by atoms with Gasteiger partial charge in [0.25, 0.3) is 0 Å². The average Bonchev–Trinajstić information content (AvgIpc) is 2.87. The van der Waals surface area contributed by atoms with Crippen molar-refractivity contribution >= 4 is 6.09 Å². The molecule has 1 heterocycles. The number of ether oxygens (including phenoxy) is 4. The van der Waals surface area contributed by atoms with Gasteiger partial charge in [-0.3, -0.25) is 0 Å². The number of rotatable bonds is 9. The number of fused-ring (bicyclic) bond motifs is 4. The SMILES string of the molecule is C=C1[C@H]2Cc3ccc(OC)cc3[C@]1(CCCC(OC)OC)CCN2C(=O)OCc1ccccc1. The summed E-state index contributed by atoms with van der Waals surface area (Å²) in [5, 5.41) is 0. The van der Waals surface area contributed by atoms with Gasteiger partial charge in [0, 0.05) is 26.2 Å². The molecule has 0 aromatic heterocycles. The number of hydrogen-bond acceptors (Lipinski definition) is 5. The van der Waals surface area contributed by atoms with E-state index in [4.69, 9.17) is 18.9 Å². The molecule has 0 radical (unpaired) electrons. The molecule has 2 atom stereocenters. The third-order valence-electron chi connectivity index (χ3n) is 7.43. The van der Waals surface area contributed by atoms with E-state index in [1.54, 1.807) is 21.3 Å². The normalized spacial score (nSPS) is 21.4. The zero-order chi connectivity index (χ0) is 24.1. The Morgan fingerprint density at radius 1 is 1.15 bits per heavy atom. The molecule has 34 heavy (non-hydrogen) atoms. The van der Waals surface area contributed by atoms with Crippen LogP contribution in [-0.2, 0) is 32.7 Å². The van der Waals surface area contributed by atoms with Gasteiger partial charge in [0.2, 0.25) is 0 Å². The number of hydrogen-bond donors (Lipinski definition) is 0. The molecule has 6 nitrogen and oxygen atoms in total. The summed E-state index contributed by atoms with van der Waals surface area (Å²) in [6, 6.07) is 16.0. The molecule has 182 valence electrons. The summed E-state index contributed by atoms with van der Waals surface area (Å²) in [4.78, 5) is 15.0. The van der Waals surface area contributed by atoms with E-state index in [1.807, 2.05) is 41.3 Å². The highest BCUT2D eigenvalue weighted by molar-refractivity contribution is 5.70. The lowest BCUT2D eigenvalue weighted by Crippen LogP contribution is -2.56. The topological polar surface area (TPSA) is 57.2 Å². The summed E-state index contributed by atoms with van der Waals surface area (Å²) in [7, 11) is 5.03. The molecule has 6 heteroatoms. The van der Waals surface area contributed by atoms with Gasteiger partial charge in [0.1, 0.15) is 12.4 Å². The maximum atomic E-state index is 13.1. The lowest BCUT2D eigenvalue weighted by atomic mass is 9.59. The summed E-state index contributed by atoms with van der Waals surface area (Å²) in [5.41, 5.74) is 4.37. The van der Waals surface area contributed by atoms with Crippen molar-refractivity contribution in [3.63, 3.8) is 0 Å². The number of methoxy groups -OCH3 is 3. The lowest BCUT2D eigenvalue weighted by molar-refractivity contribution is -0.107. The van der Waals surface area contributed by atoms with Crippen LogP contribution in [0.4, 0.5) is 4.79 Å². The van der Waals surface area contributed by atoms with E-state index >= 15 is 0 Å². The Kier molecular flexibility index (Phi) is 7.59. The van der Waals surface area contributed by atoms with E-state index < -0.39 is 0 Å². The second kappa shape index (κ2) is 10.6. The fourth-order valence-corrected chi connectivity index (χ4v) is 5.53. The molecule has 1 amide bonds. The Hall–Kier alpha value is -2.83. The second-order valence-electron chi connectivity index (χ2n) is 9.13. The number of likely N-dealkylation sites (tertiary alicyclic amines) is 1. The fraction of sp³-hybridized carbons (Fsp3) is 0.464. The minimum Gasteiger partial charge on any atom is -0.497 e. The van der Waals surface area contributed by atoms with Crippen molar-refractivity contribution in [2.45, 2.75) is 56.5 Å². The first-order valence-electron chi connectivity index (χ1n) is 11.9. The molecule has 0 N–H and O–H groups in total. The number of carbonyl (C=O) groups is 1. The molecule has 2 aromatic rings. The molecule has 0 unspecified atom stereocenters. The molecule has 2 aromatic carbocycles. The number of piperidine rings is 1. The van der Waals surface area contributed by atoms with Gasteiger partial charge >= 0.3 is 6.09 Å². The summed E-state index contributed by atoms with van der Waals surface area (Å²) < 4.78 is 22.1. The highest BCUT2D eigenvalue weighted by Gasteiger charge is 2.50. The largest absolute Gasteiger partial charge is 0.497 e. The first-order chi connectivity index (χ1) is 16.5. The molecule has 2 bridgehead atoms. The Balaban J connectivity index is 1.57. The van der Waals surface area contributed by atoms with Crippen LogP contribution in [0.3, 0.4) is 0 Å². The molecule has 0 spiro atoms. The third kappa shape index (κ3) is 4.70. The number of amides is 1. The average molecular weight is 466 g/mol. The Bertz CT molecular complexity index is 1000. The van der Waals surface area contributed by atoms with Gasteiger partial charge in [0.15, 0.2) is 6.29 Å². The van der Waals surface area contributed by atoms with Crippen LogP contribution in [0.5, 0.6) is 5.75 Å². The Morgan fingerprint density at radius 2 is 1.91 bits per heavy atom. The van der Waals surface area contributed by atoms with Crippen molar-refractivity contribution in [2.24, 2.45) is 0 Å². The van der Waals surface area contributed by atoms with Crippen LogP contribution in [-0.4, -0.2) is 51.2 Å². The Morgan fingerprint density at radius 3 is 2.62 bits per heavy atom. The number of benzene rings is 2. The molecule has 1 aliphatic heterocycles. The van der Waals surface area contributed by atoms with Gasteiger partial charge in [-0.2, -0.15) is 0 Å². The molecule has 1 fully saturated rings. The summed E-state index contributed by atoms with van der Waals surface area (Å²) >= 11 is 0. The van der Waals surface area contributed by atoms with E-state index in [0.29, 0.717) is 6.54 Å². The minimum absolute atomic E-state index is 0.0847. The zero-order valence-electron chi connectivity index (χ0n) is 20.4. The molecule has 2 aliphatic rings. The molecular formula is C28H35NO5. The first kappa shape index (κ1) is 24.3. The maximum Gasteiger partial charge on any atom is 0.410 e. The highest BCUT2D eigenvalue weighted by Crippen LogP contribution is 2.51. The zero-order valence-corrected chi connectivity index (χ0v) is 20.4. The van der Waals surface area contributed by atoms with E-state index in [0.717, 1.165) is 49.0 Å². The van der Waals surface area contributed by atoms with Gasteiger partial charge < -0.3 is 23.8 Å². The van der Waals surface area contributed by atoms with Crippen LogP contribution in [0, 0.1) is 0 Å². The minimum atomic E-state index is -0.278. The van der Waals surface area contributed by atoms with E-state index in [2.05, 4.69) is 18.7 Å². The molecule has 1 aliphatic carbocycles. The van der Waals surface area contributed by atoms with E-state index in [1.165, 1.54) is 11.1 Å². The first-order valence-corrected chi connectivity index (χ1v) is 11.9. The second-order valence-corrected chi connectivity index (χ2v) is 9.13. The number of nitrogens with zero attached hydrogens (tertiary/aromatic N) is 1. The highest BCUT2D eigenvalue weighted by atomic mass is 16.7. The van der Waals surface area contributed by atoms with Crippen LogP contribution >= 0.6 is 0 Å². The predicted octanol–water partition coefficient (Wildman–Crippen LogP) is 5.25. The van der Waals surface area contributed by atoms with E-state index in [9.17, 15) is 4.79 Å². The summed E-state index contributed by atoms with van der Waals surface area (Å²) in [6.45, 7) is 5.46. The van der Waals surface area contributed by atoms with Crippen molar-refractivity contribution in [3.8, 4) is 5.75 Å². The fourth-order valence-electron chi connectivity index (χ4n) is 5.53. The van der Waals surface area contributed by atoms with Crippen molar-refractivity contribution in [2.75, 3.05) is 27.9 Å². The van der Waals surface area contributed by atoms with Gasteiger partial charge in [0.05, 0.1) is 13.2 Å². The molecule has 0 saturated carbocycles. The van der Waals surface area contributed by atoms with Crippen LogP contribution < -0.4 is 4.74 Å². The van der Waals surface area contributed by atoms with Gasteiger partial charge in [-0.05, 0) is 66.5 Å². The van der Waals surface area contributed by atoms with Crippen LogP contribution in [0.25, 0.3) is 0 Å². The number of carbonyl (C=O) groups excluding carboxylic acids is 1. The molecule has 4 rings (SSSR count). The van der Waals surface area contributed by atoms with Gasteiger partial charge in [-0.15, -0.1) is 0 Å². The Labute approximate surface area is 202 Å². The lowest BCUT2D eigenvalue weighted by Gasteiger charge is -2.53. The third-order valence-corrected chi connectivity index (χ3v) is 7.43. The van der Waals surface area contributed by atoms with Crippen LogP contribution in [0.2, 0.25) is 0 Å². The van der Waals surface area contributed by atoms with Crippen LogP contribution in [0.15, 0.2) is 60.7 Å². The van der Waals surface area contributed by atoms with Crippen LogP contribution in [0.1, 0.15) is 42.4 Å². The van der Waals surface area contributed by atoms with Crippen molar-refractivity contribution in [1.29, 1.82) is 0 Å². The summed E-state index contributed by atoms with van der Waals surface area (Å²) in [5.74, 6) is 0.848. The molecule has 1 saturated heterocycles. The standard InChI is InChI=1S/C28H35NO5/c1-20-25-17-22-12-13-23(31-2)18-24(22)28(20,14-8-11-26(32-3)33-4)15-16-29(25)27(30)34-19-21-9-6-5-7-10-21/h5-7,9-10,12-13,18,25-26H,1,8,11,14-17,19H2,2-4H3/t25-,28-/m1/s1. The quantitative estimate of drug-likeness (QED) is 0.374. The van der Waals surface area contributed by atoms with Gasteiger partial charge in [-0.1, -0.05) is 43.0 Å². The maximum absolute atomic E-state index is 13.1. The monoisotopic (exact) mass is 465 g/mol. The molecular weight excluding hydrogens is 430 g/mol. The summed E-state index contributed by atoms with van der Waals surface area (Å²) in [6.07, 6.45) is 3.68. The van der Waals surface area contributed by atoms with E-state index in [-0.39, 0.29) is 30.4 Å².